The van der Waals surface area contributed by atoms with Gasteiger partial charge in [-0.25, -0.2) is 24.1 Å². The largest absolute Gasteiger partial charge is 0.493 e. The van der Waals surface area contributed by atoms with Crippen molar-refractivity contribution in [2.45, 2.75) is 12.7 Å². The van der Waals surface area contributed by atoms with Gasteiger partial charge in [0, 0.05) is 17.5 Å². The maximum atomic E-state index is 14.0. The minimum atomic E-state index is -5.20. The van der Waals surface area contributed by atoms with Gasteiger partial charge in [0.15, 0.2) is 11.3 Å². The Bertz CT molecular complexity index is 1620. The number of rotatable bonds is 5. The van der Waals surface area contributed by atoms with Gasteiger partial charge >= 0.3 is 12.1 Å². The summed E-state index contributed by atoms with van der Waals surface area (Å²) in [7, 11) is 0. The number of hydrogen-bond donors (Lipinski definition) is 1. The number of imidazole rings is 1. The van der Waals surface area contributed by atoms with Crippen LogP contribution < -0.4 is 10.2 Å². The highest BCUT2D eigenvalue weighted by Gasteiger charge is 2.42. The van der Waals surface area contributed by atoms with E-state index in [4.69, 9.17) is 11.6 Å². The summed E-state index contributed by atoms with van der Waals surface area (Å²) in [4.78, 5) is 27.4. The molecule has 0 fully saturated rings. The molecule has 0 saturated heterocycles. The van der Waals surface area contributed by atoms with Crippen molar-refractivity contribution in [1.82, 2.24) is 29.9 Å². The van der Waals surface area contributed by atoms with Crippen LogP contribution in [-0.4, -0.2) is 42.0 Å². The predicted octanol–water partition coefficient (Wildman–Crippen LogP) is 4.36. The van der Waals surface area contributed by atoms with Crippen LogP contribution in [-0.2, 0) is 11.3 Å². The molecule has 0 aliphatic heterocycles. The molecule has 1 N–H and O–H groups in total. The molecule has 5 rings (SSSR count). The highest BCUT2D eigenvalue weighted by molar-refractivity contribution is 6.36. The molecule has 0 spiro atoms. The Hall–Kier alpha value is -4.39. The van der Waals surface area contributed by atoms with Crippen LogP contribution in [0.2, 0.25) is 5.02 Å². The lowest BCUT2D eigenvalue weighted by Crippen LogP contribution is -2.33. The zero-order valence-electron chi connectivity index (χ0n) is 17.8. The lowest BCUT2D eigenvalue weighted by atomic mass is 9.96. The number of carbonyl (C=O) groups excluding carboxylic acids is 1. The molecular weight excluding hydrogens is 506 g/mol. The molecule has 0 aliphatic carbocycles. The van der Waals surface area contributed by atoms with Crippen molar-refractivity contribution in [3.8, 4) is 11.1 Å². The molecule has 14 heteroatoms. The molecule has 182 valence electrons. The summed E-state index contributed by atoms with van der Waals surface area (Å²) < 4.78 is 52.3. The fraction of sp³-hybridized carbons (Fsp3) is 0.0909. The number of fused-ring (bicyclic) bond motifs is 2. The molecule has 36 heavy (non-hydrogen) atoms. The number of aromatic nitrogens is 6. The molecule has 0 saturated carbocycles. The third kappa shape index (κ3) is 4.35. The molecule has 2 aromatic carbocycles. The predicted molar refractivity (Wildman–Crippen MR) is 120 cm³/mol. The van der Waals surface area contributed by atoms with Gasteiger partial charge in [-0.05, 0) is 35.4 Å². The van der Waals surface area contributed by atoms with E-state index in [-0.39, 0.29) is 23.5 Å². The van der Waals surface area contributed by atoms with Crippen LogP contribution in [0.4, 0.5) is 23.4 Å². The van der Waals surface area contributed by atoms with E-state index in [1.807, 2.05) is 0 Å². The third-order valence-electron chi connectivity index (χ3n) is 5.11. The van der Waals surface area contributed by atoms with Gasteiger partial charge in [0.25, 0.3) is 0 Å². The smallest absolute Gasteiger partial charge is 0.364 e. The number of carbonyl (C=O) groups is 1. The van der Waals surface area contributed by atoms with Gasteiger partial charge < -0.3 is 10.2 Å². The van der Waals surface area contributed by atoms with Gasteiger partial charge in [0.05, 0.1) is 11.2 Å². The first-order valence-corrected chi connectivity index (χ1v) is 10.5. The van der Waals surface area contributed by atoms with Crippen LogP contribution in [0.5, 0.6) is 0 Å². The maximum absolute atomic E-state index is 14.0. The Morgan fingerprint density at radius 3 is 2.72 bits per heavy atom. The number of benzene rings is 2. The van der Waals surface area contributed by atoms with E-state index in [0.29, 0.717) is 37.3 Å². The van der Waals surface area contributed by atoms with Gasteiger partial charge in [-0.15, -0.1) is 9.83 Å². The summed E-state index contributed by atoms with van der Waals surface area (Å²) in [5.74, 6) is -2.74. The SMILES string of the molecule is O=C(On1cnc2c(NCc3cc(Cl)c4ccnnc4c3-c3cccc(F)c3)ncnc21)C(F)(F)F. The van der Waals surface area contributed by atoms with Crippen molar-refractivity contribution in [3.63, 3.8) is 0 Å². The van der Waals surface area contributed by atoms with E-state index in [0.717, 1.165) is 12.7 Å². The van der Waals surface area contributed by atoms with E-state index >= 15 is 0 Å². The van der Waals surface area contributed by atoms with Crippen LogP contribution in [0.25, 0.3) is 33.2 Å². The second kappa shape index (κ2) is 9.00. The fourth-order valence-corrected chi connectivity index (χ4v) is 3.88. The first-order chi connectivity index (χ1) is 17.2. The topological polar surface area (TPSA) is 108 Å². The van der Waals surface area contributed by atoms with E-state index in [9.17, 15) is 22.4 Å². The lowest BCUT2D eigenvalue weighted by Gasteiger charge is -2.15. The van der Waals surface area contributed by atoms with Crippen molar-refractivity contribution < 1.29 is 27.2 Å². The Kier molecular flexibility index (Phi) is 5.84. The first kappa shape index (κ1) is 23.4. The monoisotopic (exact) mass is 517 g/mol. The third-order valence-corrected chi connectivity index (χ3v) is 5.43. The van der Waals surface area contributed by atoms with Crippen molar-refractivity contribution in [3.05, 3.63) is 71.7 Å². The van der Waals surface area contributed by atoms with Crippen LogP contribution in [0, 0.1) is 5.82 Å². The summed E-state index contributed by atoms with van der Waals surface area (Å²) in [6, 6.07) is 9.30. The molecule has 3 heterocycles. The molecule has 0 aliphatic rings. The van der Waals surface area contributed by atoms with Gasteiger partial charge in [-0.1, -0.05) is 23.7 Å². The van der Waals surface area contributed by atoms with Crippen LogP contribution in [0.15, 0.2) is 55.2 Å². The zero-order valence-corrected chi connectivity index (χ0v) is 18.5. The second-order valence-electron chi connectivity index (χ2n) is 7.39. The molecule has 0 radical (unpaired) electrons. The van der Waals surface area contributed by atoms with Crippen LogP contribution in [0.3, 0.4) is 0 Å². The van der Waals surface area contributed by atoms with Gasteiger partial charge in [0.1, 0.15) is 24.0 Å². The average Bonchev–Trinajstić information content (AvgIpc) is 3.25. The molecule has 0 atom stereocenters. The normalized spacial score (nSPS) is 11.7. The van der Waals surface area contributed by atoms with E-state index in [1.165, 1.54) is 18.3 Å². The Balaban J connectivity index is 1.53. The second-order valence-corrected chi connectivity index (χ2v) is 7.80. The lowest BCUT2D eigenvalue weighted by molar-refractivity contribution is -0.199. The standard InChI is InChI=1S/C22H12ClF4N7O2/c23-15-7-12(16(11-2-1-3-13(24)6-11)17-14(15)4-5-32-33-17)8-28-19-18-20(30-9-29-19)34(10-31-18)36-21(35)22(25,26)27/h1-7,9-10H,8H2,(H,28,29,30). The molecule has 0 bridgehead atoms. The molecule has 5 aromatic rings. The minimum Gasteiger partial charge on any atom is -0.364 e. The van der Waals surface area contributed by atoms with Gasteiger partial charge in [0.2, 0.25) is 5.65 Å². The molecular formula is C22H12ClF4N7O2. The van der Waals surface area contributed by atoms with Gasteiger partial charge in [-0.2, -0.15) is 18.3 Å². The number of nitrogens with one attached hydrogen (secondary N) is 1. The molecule has 3 aromatic heterocycles. The summed E-state index contributed by atoms with van der Waals surface area (Å²) in [6.45, 7) is 0.0827. The molecule has 9 nitrogen and oxygen atoms in total. The Morgan fingerprint density at radius 2 is 1.94 bits per heavy atom. The summed E-state index contributed by atoms with van der Waals surface area (Å²) >= 11 is 6.47. The minimum absolute atomic E-state index is 0.0476. The van der Waals surface area contributed by atoms with Crippen LogP contribution in [0.1, 0.15) is 5.56 Å². The summed E-state index contributed by atoms with van der Waals surface area (Å²) in [5.41, 5.74) is 2.04. The quantitative estimate of drug-likeness (QED) is 0.343. The summed E-state index contributed by atoms with van der Waals surface area (Å²) in [6.07, 6.45) is -1.78. The van der Waals surface area contributed by atoms with Crippen LogP contribution >= 0.6 is 11.6 Å². The van der Waals surface area contributed by atoms with E-state index in [1.54, 1.807) is 24.3 Å². The number of halogens is 5. The highest BCUT2D eigenvalue weighted by Crippen LogP contribution is 2.36. The highest BCUT2D eigenvalue weighted by atomic mass is 35.5. The Morgan fingerprint density at radius 1 is 1.11 bits per heavy atom. The maximum Gasteiger partial charge on any atom is 0.493 e. The van der Waals surface area contributed by atoms with E-state index in [2.05, 4.69) is 35.3 Å². The van der Waals surface area contributed by atoms with Gasteiger partial charge in [-0.3, -0.25) is 0 Å². The number of hydrogen-bond acceptors (Lipinski definition) is 8. The first-order valence-electron chi connectivity index (χ1n) is 10.1. The van der Waals surface area contributed by atoms with Crippen molar-refractivity contribution in [2.75, 3.05) is 5.32 Å². The number of anilines is 1. The molecule has 0 amide bonds. The van der Waals surface area contributed by atoms with Crippen molar-refractivity contribution in [2.24, 2.45) is 0 Å². The summed E-state index contributed by atoms with van der Waals surface area (Å²) in [5, 5.41) is 12.2. The van der Waals surface area contributed by atoms with Crippen molar-refractivity contribution in [1.29, 1.82) is 0 Å². The molecule has 0 unspecified atom stereocenters. The Labute approximate surface area is 203 Å². The number of nitrogens with zero attached hydrogens (tertiary/aromatic N) is 6. The van der Waals surface area contributed by atoms with E-state index < -0.39 is 18.0 Å². The zero-order chi connectivity index (χ0) is 25.4. The average molecular weight is 518 g/mol. The fourth-order valence-electron chi connectivity index (χ4n) is 3.60. The van der Waals surface area contributed by atoms with Crippen molar-refractivity contribution >= 4 is 45.5 Å². The number of alkyl halides is 3.